The van der Waals surface area contributed by atoms with Gasteiger partial charge in [-0.2, -0.15) is 0 Å². The van der Waals surface area contributed by atoms with Gasteiger partial charge in [-0.25, -0.2) is 9.78 Å². The van der Waals surface area contributed by atoms with E-state index in [9.17, 15) is 14.4 Å². The minimum Gasteiger partial charge on any atom is -0.444 e. The third-order valence-electron chi connectivity index (χ3n) is 4.39. The molecule has 0 aliphatic carbocycles. The molecule has 0 atom stereocenters. The third-order valence-corrected chi connectivity index (χ3v) is 4.39. The van der Waals surface area contributed by atoms with Crippen molar-refractivity contribution in [3.63, 3.8) is 0 Å². The van der Waals surface area contributed by atoms with Crippen LogP contribution >= 0.6 is 0 Å². The number of anilines is 1. The minimum atomic E-state index is -0.573. The molecule has 0 spiro atoms. The summed E-state index contributed by atoms with van der Waals surface area (Å²) in [6, 6.07) is 14.3. The summed E-state index contributed by atoms with van der Waals surface area (Å²) in [6.07, 6.45) is 0.786. The number of hydrogen-bond acceptors (Lipinski definition) is 5. The second-order valence-electron chi connectivity index (χ2n) is 8.26. The van der Waals surface area contributed by atoms with Gasteiger partial charge in [0.15, 0.2) is 0 Å². The molecular formula is C23H26N4O4. The van der Waals surface area contributed by atoms with Crippen molar-refractivity contribution in [3.8, 4) is 0 Å². The van der Waals surface area contributed by atoms with E-state index in [-0.39, 0.29) is 18.0 Å². The van der Waals surface area contributed by atoms with Gasteiger partial charge >= 0.3 is 6.09 Å². The number of aromatic nitrogens is 2. The Kier molecular flexibility index (Phi) is 6.39. The summed E-state index contributed by atoms with van der Waals surface area (Å²) in [5, 5.41) is 2.81. The van der Waals surface area contributed by atoms with E-state index in [1.807, 2.05) is 32.9 Å². The van der Waals surface area contributed by atoms with Crippen molar-refractivity contribution in [2.75, 3.05) is 12.4 Å². The van der Waals surface area contributed by atoms with Gasteiger partial charge in [0, 0.05) is 19.3 Å². The van der Waals surface area contributed by atoms with Gasteiger partial charge in [0.1, 0.15) is 12.1 Å². The van der Waals surface area contributed by atoms with Gasteiger partial charge in [0.05, 0.1) is 17.2 Å². The summed E-state index contributed by atoms with van der Waals surface area (Å²) in [4.78, 5) is 42.6. The van der Waals surface area contributed by atoms with Gasteiger partial charge in [-0.05, 0) is 50.6 Å². The average Bonchev–Trinajstić information content (AvgIpc) is 2.69. The Balaban J connectivity index is 1.69. The van der Waals surface area contributed by atoms with E-state index < -0.39 is 11.7 Å². The number of fused-ring (bicyclic) bond motifs is 1. The normalized spacial score (nSPS) is 11.2. The summed E-state index contributed by atoms with van der Waals surface area (Å²) in [5.41, 5.74) is 1.72. The van der Waals surface area contributed by atoms with E-state index in [1.54, 1.807) is 43.4 Å². The van der Waals surface area contributed by atoms with Gasteiger partial charge in [-0.15, -0.1) is 0 Å². The largest absolute Gasteiger partial charge is 0.444 e. The maximum absolute atomic E-state index is 12.6. The van der Waals surface area contributed by atoms with Crippen LogP contribution in [-0.2, 0) is 22.6 Å². The SMILES string of the molecule is CN(Cc1cccc(NC(=O)Cn2c(=O)cnc3ccccc32)c1)C(=O)OC(C)(C)C. The monoisotopic (exact) mass is 422 g/mol. The molecule has 0 radical (unpaired) electrons. The maximum atomic E-state index is 12.6. The Labute approximate surface area is 180 Å². The Morgan fingerprint density at radius 2 is 1.87 bits per heavy atom. The lowest BCUT2D eigenvalue weighted by molar-refractivity contribution is -0.116. The summed E-state index contributed by atoms with van der Waals surface area (Å²) in [5.74, 6) is -0.337. The molecule has 0 bridgehead atoms. The fraction of sp³-hybridized carbons (Fsp3) is 0.304. The van der Waals surface area contributed by atoms with Crippen LogP contribution in [0.15, 0.2) is 59.5 Å². The highest BCUT2D eigenvalue weighted by atomic mass is 16.6. The number of carbonyl (C=O) groups is 2. The van der Waals surface area contributed by atoms with E-state index in [2.05, 4.69) is 10.3 Å². The van der Waals surface area contributed by atoms with E-state index >= 15 is 0 Å². The van der Waals surface area contributed by atoms with Crippen molar-refractivity contribution in [3.05, 3.63) is 70.6 Å². The van der Waals surface area contributed by atoms with Crippen molar-refractivity contribution in [1.29, 1.82) is 0 Å². The first-order valence-corrected chi connectivity index (χ1v) is 9.90. The lowest BCUT2D eigenvalue weighted by atomic mass is 10.2. The lowest BCUT2D eigenvalue weighted by Gasteiger charge is -2.24. The quantitative estimate of drug-likeness (QED) is 0.680. The second-order valence-corrected chi connectivity index (χ2v) is 8.26. The van der Waals surface area contributed by atoms with Crippen LogP contribution in [0.4, 0.5) is 10.5 Å². The van der Waals surface area contributed by atoms with Crippen molar-refractivity contribution in [2.24, 2.45) is 0 Å². The van der Waals surface area contributed by atoms with E-state index in [0.29, 0.717) is 23.3 Å². The van der Waals surface area contributed by atoms with Crippen molar-refractivity contribution >= 4 is 28.7 Å². The molecule has 2 amide bonds. The number of ether oxygens (including phenoxy) is 1. The molecule has 8 heteroatoms. The topological polar surface area (TPSA) is 93.5 Å². The zero-order chi connectivity index (χ0) is 22.6. The van der Waals surface area contributed by atoms with Gasteiger partial charge in [0.2, 0.25) is 5.91 Å². The summed E-state index contributed by atoms with van der Waals surface area (Å²) < 4.78 is 6.75. The third kappa shape index (κ3) is 5.91. The molecule has 3 rings (SSSR count). The molecule has 31 heavy (non-hydrogen) atoms. The van der Waals surface area contributed by atoms with Crippen molar-refractivity contribution in [2.45, 2.75) is 39.5 Å². The predicted molar refractivity (Wildman–Crippen MR) is 119 cm³/mol. The fourth-order valence-corrected chi connectivity index (χ4v) is 3.05. The van der Waals surface area contributed by atoms with Crippen LogP contribution in [0.3, 0.4) is 0 Å². The zero-order valence-electron chi connectivity index (χ0n) is 18.1. The molecular weight excluding hydrogens is 396 g/mol. The number of rotatable bonds is 5. The molecule has 1 heterocycles. The molecule has 0 fully saturated rings. The Bertz CT molecular complexity index is 1160. The molecule has 0 aliphatic rings. The van der Waals surface area contributed by atoms with Crippen molar-refractivity contribution in [1.82, 2.24) is 14.5 Å². The average molecular weight is 422 g/mol. The Hall–Kier alpha value is -3.68. The lowest BCUT2D eigenvalue weighted by Crippen LogP contribution is -2.33. The summed E-state index contributed by atoms with van der Waals surface area (Å²) in [6.45, 7) is 5.63. The number of hydrogen-bond donors (Lipinski definition) is 1. The fourth-order valence-electron chi connectivity index (χ4n) is 3.05. The first-order chi connectivity index (χ1) is 14.6. The number of nitrogens with zero attached hydrogens (tertiary/aromatic N) is 3. The molecule has 1 N–H and O–H groups in total. The first-order valence-electron chi connectivity index (χ1n) is 9.90. The van der Waals surface area contributed by atoms with Crippen LogP contribution in [0.1, 0.15) is 26.3 Å². The number of carbonyl (C=O) groups excluding carboxylic acids is 2. The van der Waals surface area contributed by atoms with E-state index in [4.69, 9.17) is 4.74 Å². The highest BCUT2D eigenvalue weighted by Crippen LogP contribution is 2.15. The van der Waals surface area contributed by atoms with Gasteiger partial charge in [-0.1, -0.05) is 24.3 Å². The molecule has 0 unspecified atom stereocenters. The van der Waals surface area contributed by atoms with E-state index in [0.717, 1.165) is 5.56 Å². The van der Waals surface area contributed by atoms with Crippen LogP contribution in [0.5, 0.6) is 0 Å². The predicted octanol–water partition coefficient (Wildman–Crippen LogP) is 3.40. The summed E-state index contributed by atoms with van der Waals surface area (Å²) in [7, 11) is 1.65. The van der Waals surface area contributed by atoms with Crippen LogP contribution in [-0.4, -0.2) is 39.1 Å². The summed E-state index contributed by atoms with van der Waals surface area (Å²) >= 11 is 0. The minimum absolute atomic E-state index is 0.135. The zero-order valence-corrected chi connectivity index (χ0v) is 18.1. The molecule has 8 nitrogen and oxygen atoms in total. The Morgan fingerprint density at radius 1 is 1.13 bits per heavy atom. The molecule has 0 aliphatic heterocycles. The number of amides is 2. The molecule has 0 saturated heterocycles. The number of para-hydroxylation sites is 2. The number of benzene rings is 2. The van der Waals surface area contributed by atoms with Gasteiger partial charge in [0.25, 0.3) is 5.56 Å². The number of nitrogens with one attached hydrogen (secondary N) is 1. The van der Waals surface area contributed by atoms with Crippen LogP contribution in [0.2, 0.25) is 0 Å². The van der Waals surface area contributed by atoms with Crippen LogP contribution in [0, 0.1) is 0 Å². The highest BCUT2D eigenvalue weighted by molar-refractivity contribution is 5.91. The molecule has 3 aromatic rings. The molecule has 1 aromatic heterocycles. The highest BCUT2D eigenvalue weighted by Gasteiger charge is 2.19. The van der Waals surface area contributed by atoms with Gasteiger partial charge in [-0.3, -0.25) is 14.2 Å². The molecule has 162 valence electrons. The van der Waals surface area contributed by atoms with E-state index in [1.165, 1.54) is 15.7 Å². The Morgan fingerprint density at radius 3 is 2.61 bits per heavy atom. The van der Waals surface area contributed by atoms with Crippen LogP contribution in [0.25, 0.3) is 11.0 Å². The van der Waals surface area contributed by atoms with Crippen LogP contribution < -0.4 is 10.9 Å². The first kappa shape index (κ1) is 22.0. The smallest absolute Gasteiger partial charge is 0.410 e. The maximum Gasteiger partial charge on any atom is 0.410 e. The van der Waals surface area contributed by atoms with Crippen molar-refractivity contribution < 1.29 is 14.3 Å². The standard InChI is InChI=1S/C23H26N4O4/c1-23(2,3)31-22(30)26(4)14-16-8-7-9-17(12-16)25-20(28)15-27-19-11-6-5-10-18(19)24-13-21(27)29/h5-13H,14-15H2,1-4H3,(H,25,28). The second kappa shape index (κ2) is 8.99. The van der Waals surface area contributed by atoms with Gasteiger partial charge < -0.3 is 15.0 Å². The molecule has 0 saturated carbocycles. The molecule has 2 aromatic carbocycles.